The highest BCUT2D eigenvalue weighted by molar-refractivity contribution is 8.01. The molecule has 0 saturated carbocycles. The van der Waals surface area contributed by atoms with E-state index in [4.69, 9.17) is 11.6 Å². The van der Waals surface area contributed by atoms with Gasteiger partial charge >= 0.3 is 0 Å². The van der Waals surface area contributed by atoms with Crippen molar-refractivity contribution >= 4 is 51.9 Å². The molecule has 2 atom stereocenters. The van der Waals surface area contributed by atoms with Crippen LogP contribution in [0.2, 0.25) is 5.02 Å². The van der Waals surface area contributed by atoms with Gasteiger partial charge < -0.3 is 15.6 Å². The molecule has 1 aliphatic heterocycles. The number of hydrogen-bond acceptors (Lipinski definition) is 4. The second kappa shape index (κ2) is 7.25. The number of nitrogens with one attached hydrogen (secondary N) is 3. The number of aromatic nitrogens is 2. The van der Waals surface area contributed by atoms with Crippen LogP contribution in [0.3, 0.4) is 0 Å². The maximum atomic E-state index is 12.5. The molecule has 1 aromatic heterocycles. The van der Waals surface area contributed by atoms with Crippen molar-refractivity contribution in [2.24, 2.45) is 0 Å². The van der Waals surface area contributed by atoms with Gasteiger partial charge in [0.25, 0.3) is 0 Å². The van der Waals surface area contributed by atoms with Crippen LogP contribution < -0.4 is 10.6 Å². The Morgan fingerprint density at radius 3 is 2.96 bits per heavy atom. The van der Waals surface area contributed by atoms with Gasteiger partial charge in [0.2, 0.25) is 11.8 Å². The molecular formula is C19H17ClN4O2S. The van der Waals surface area contributed by atoms with Crippen LogP contribution in [0.4, 0.5) is 5.69 Å². The molecule has 2 aromatic carbocycles. The van der Waals surface area contributed by atoms with E-state index >= 15 is 0 Å². The predicted octanol–water partition coefficient (Wildman–Crippen LogP) is 3.90. The Bertz CT molecular complexity index is 1000. The van der Waals surface area contributed by atoms with Crippen LogP contribution in [-0.2, 0) is 9.59 Å². The van der Waals surface area contributed by atoms with Crippen molar-refractivity contribution in [3.63, 3.8) is 0 Å². The number of H-pyrrole nitrogens is 1. The summed E-state index contributed by atoms with van der Waals surface area (Å²) in [7, 11) is 0. The quantitative estimate of drug-likeness (QED) is 0.620. The van der Waals surface area contributed by atoms with E-state index in [9.17, 15) is 9.59 Å². The van der Waals surface area contributed by atoms with Gasteiger partial charge in [-0.05, 0) is 37.3 Å². The van der Waals surface area contributed by atoms with Crippen LogP contribution in [0.25, 0.3) is 11.0 Å². The summed E-state index contributed by atoms with van der Waals surface area (Å²) in [6.07, 6.45) is 0.0864. The van der Waals surface area contributed by atoms with E-state index in [1.807, 2.05) is 37.3 Å². The van der Waals surface area contributed by atoms with Gasteiger partial charge in [-0.15, -0.1) is 11.8 Å². The topological polar surface area (TPSA) is 86.9 Å². The monoisotopic (exact) mass is 400 g/mol. The van der Waals surface area contributed by atoms with Gasteiger partial charge in [-0.2, -0.15) is 0 Å². The van der Waals surface area contributed by atoms with Gasteiger partial charge in [0.05, 0.1) is 28.0 Å². The first-order valence-corrected chi connectivity index (χ1v) is 9.76. The van der Waals surface area contributed by atoms with E-state index in [0.717, 1.165) is 15.9 Å². The van der Waals surface area contributed by atoms with Crippen molar-refractivity contribution < 1.29 is 9.59 Å². The van der Waals surface area contributed by atoms with Crippen LogP contribution in [0, 0.1) is 0 Å². The minimum atomic E-state index is -0.485. The fourth-order valence-corrected chi connectivity index (χ4v) is 4.23. The summed E-state index contributed by atoms with van der Waals surface area (Å²) < 4.78 is 0. The summed E-state index contributed by atoms with van der Waals surface area (Å²) in [6.45, 7) is 1.86. The van der Waals surface area contributed by atoms with Crippen molar-refractivity contribution in [3.05, 3.63) is 53.3 Å². The summed E-state index contributed by atoms with van der Waals surface area (Å²) in [5.41, 5.74) is 2.46. The SMILES string of the molecule is C[C@H](NC(=O)C[C@@H]1Sc2ccc(Cl)cc2NC1=O)c1nc2ccccc2[nH]1. The number of amides is 2. The first-order valence-electron chi connectivity index (χ1n) is 8.50. The number of carbonyl (C=O) groups excluding carboxylic acids is 2. The predicted molar refractivity (Wildman–Crippen MR) is 107 cm³/mol. The number of benzene rings is 2. The lowest BCUT2D eigenvalue weighted by Gasteiger charge is -2.24. The molecule has 1 aliphatic rings. The number of fused-ring (bicyclic) bond motifs is 2. The Labute approximate surface area is 165 Å². The number of halogens is 1. The second-order valence-corrected chi connectivity index (χ2v) is 8.05. The number of imidazole rings is 1. The lowest BCUT2D eigenvalue weighted by atomic mass is 10.2. The Kier molecular flexibility index (Phi) is 4.80. The number of nitrogens with zero attached hydrogens (tertiary/aromatic N) is 1. The third-order valence-electron chi connectivity index (χ3n) is 4.33. The van der Waals surface area contributed by atoms with Crippen LogP contribution in [-0.4, -0.2) is 27.0 Å². The first-order chi connectivity index (χ1) is 13.0. The summed E-state index contributed by atoms with van der Waals surface area (Å²) >= 11 is 7.33. The molecule has 0 spiro atoms. The van der Waals surface area contributed by atoms with Crippen molar-refractivity contribution in [1.82, 2.24) is 15.3 Å². The Morgan fingerprint density at radius 1 is 1.33 bits per heavy atom. The minimum absolute atomic E-state index is 0.0864. The number of thioether (sulfide) groups is 1. The van der Waals surface area contributed by atoms with Crippen molar-refractivity contribution in [2.75, 3.05) is 5.32 Å². The fraction of sp³-hybridized carbons (Fsp3) is 0.211. The molecule has 138 valence electrons. The zero-order chi connectivity index (χ0) is 19.0. The fourth-order valence-electron chi connectivity index (χ4n) is 2.97. The third-order valence-corrected chi connectivity index (χ3v) is 5.84. The average molecular weight is 401 g/mol. The highest BCUT2D eigenvalue weighted by Gasteiger charge is 2.29. The molecule has 0 unspecified atom stereocenters. The summed E-state index contributed by atoms with van der Waals surface area (Å²) in [5, 5.41) is 5.80. The largest absolute Gasteiger partial charge is 0.346 e. The van der Waals surface area contributed by atoms with Gasteiger partial charge in [-0.25, -0.2) is 4.98 Å². The maximum Gasteiger partial charge on any atom is 0.238 e. The van der Waals surface area contributed by atoms with E-state index in [1.165, 1.54) is 11.8 Å². The van der Waals surface area contributed by atoms with Crippen LogP contribution in [0.1, 0.15) is 25.2 Å². The van der Waals surface area contributed by atoms with Gasteiger partial charge in [-0.1, -0.05) is 23.7 Å². The Morgan fingerprint density at radius 2 is 2.15 bits per heavy atom. The Balaban J connectivity index is 1.41. The minimum Gasteiger partial charge on any atom is -0.346 e. The summed E-state index contributed by atoms with van der Waals surface area (Å²) in [4.78, 5) is 33.4. The molecule has 2 amide bonds. The summed E-state index contributed by atoms with van der Waals surface area (Å²) in [5.74, 6) is 0.291. The zero-order valence-electron chi connectivity index (χ0n) is 14.5. The zero-order valence-corrected chi connectivity index (χ0v) is 16.0. The van der Waals surface area contributed by atoms with E-state index < -0.39 is 5.25 Å². The van der Waals surface area contributed by atoms with Crippen molar-refractivity contribution in [2.45, 2.75) is 29.5 Å². The van der Waals surface area contributed by atoms with E-state index in [0.29, 0.717) is 16.5 Å². The lowest BCUT2D eigenvalue weighted by molar-refractivity contribution is -0.124. The normalized spacial score (nSPS) is 17.3. The van der Waals surface area contributed by atoms with E-state index in [-0.39, 0.29) is 24.3 Å². The molecule has 27 heavy (non-hydrogen) atoms. The maximum absolute atomic E-state index is 12.5. The molecule has 0 bridgehead atoms. The smallest absolute Gasteiger partial charge is 0.238 e. The Hall–Kier alpha value is -2.51. The third kappa shape index (κ3) is 3.79. The van der Waals surface area contributed by atoms with Crippen LogP contribution in [0.5, 0.6) is 0 Å². The lowest BCUT2D eigenvalue weighted by Crippen LogP contribution is -2.36. The van der Waals surface area contributed by atoms with Gasteiger partial charge in [0.15, 0.2) is 0 Å². The number of carbonyl (C=O) groups is 2. The molecular weight excluding hydrogens is 384 g/mol. The average Bonchev–Trinajstić information content (AvgIpc) is 3.07. The molecule has 3 aromatic rings. The molecule has 0 fully saturated rings. The molecule has 2 heterocycles. The standard InChI is InChI=1S/C19H17ClN4O2S/c1-10(18-22-12-4-2-3-5-13(12)23-18)21-17(25)9-16-19(26)24-14-8-11(20)6-7-15(14)27-16/h2-8,10,16H,9H2,1H3,(H,21,25)(H,22,23)(H,24,26)/t10-,16-/m0/s1. The summed E-state index contributed by atoms with van der Waals surface area (Å²) in [6, 6.07) is 12.7. The van der Waals surface area contributed by atoms with Gasteiger partial charge in [-0.3, -0.25) is 9.59 Å². The van der Waals surface area contributed by atoms with Gasteiger partial charge in [0, 0.05) is 16.3 Å². The molecule has 3 N–H and O–H groups in total. The molecule has 4 rings (SSSR count). The second-order valence-electron chi connectivity index (χ2n) is 6.37. The molecule has 0 aliphatic carbocycles. The van der Waals surface area contributed by atoms with Crippen molar-refractivity contribution in [3.8, 4) is 0 Å². The number of anilines is 1. The number of aromatic amines is 1. The van der Waals surface area contributed by atoms with E-state index in [1.54, 1.807) is 12.1 Å². The number of hydrogen-bond donors (Lipinski definition) is 3. The van der Waals surface area contributed by atoms with Crippen LogP contribution in [0.15, 0.2) is 47.4 Å². The molecule has 0 saturated heterocycles. The van der Waals surface area contributed by atoms with Crippen molar-refractivity contribution in [1.29, 1.82) is 0 Å². The molecule has 0 radical (unpaired) electrons. The van der Waals surface area contributed by atoms with Crippen LogP contribution >= 0.6 is 23.4 Å². The number of para-hydroxylation sites is 2. The number of rotatable bonds is 4. The first kappa shape index (κ1) is 17.9. The van der Waals surface area contributed by atoms with E-state index in [2.05, 4.69) is 20.6 Å². The van der Waals surface area contributed by atoms with Gasteiger partial charge in [0.1, 0.15) is 5.82 Å². The highest BCUT2D eigenvalue weighted by atomic mass is 35.5. The molecule has 6 nitrogen and oxygen atoms in total. The highest BCUT2D eigenvalue weighted by Crippen LogP contribution is 2.38. The molecule has 8 heteroatoms.